The van der Waals surface area contributed by atoms with Crippen LogP contribution in [0, 0.1) is 11.8 Å². The van der Waals surface area contributed by atoms with Gasteiger partial charge in [-0.25, -0.2) is 0 Å². The molecule has 1 saturated heterocycles. The lowest BCUT2D eigenvalue weighted by Crippen LogP contribution is -2.35. The third-order valence-corrected chi connectivity index (χ3v) is 3.76. The zero-order valence-corrected chi connectivity index (χ0v) is 9.29. The molecule has 1 aliphatic heterocycles. The fourth-order valence-corrected chi connectivity index (χ4v) is 2.60. The van der Waals surface area contributed by atoms with E-state index < -0.39 is 0 Å². The molecule has 1 aliphatic carbocycles. The summed E-state index contributed by atoms with van der Waals surface area (Å²) in [7, 11) is 0. The van der Waals surface area contributed by atoms with Gasteiger partial charge in [0, 0.05) is 35.7 Å². The molecule has 3 heteroatoms. The van der Waals surface area contributed by atoms with Crippen LogP contribution in [0.15, 0.2) is 0 Å². The number of nitrogens with zero attached hydrogens (tertiary/aromatic N) is 1. The number of piperidine rings is 1. The first-order valence-corrected chi connectivity index (χ1v) is 5.79. The normalized spacial score (nSPS) is 25.9. The average Bonchev–Trinajstić information content (AvgIpc) is 2.87. The van der Waals surface area contributed by atoms with E-state index in [4.69, 9.17) is 0 Å². The van der Waals surface area contributed by atoms with Gasteiger partial charge in [0.1, 0.15) is 0 Å². The summed E-state index contributed by atoms with van der Waals surface area (Å²) in [5, 5.41) is 0. The van der Waals surface area contributed by atoms with Crippen LogP contribution in [0.25, 0.3) is 0 Å². The van der Waals surface area contributed by atoms with Crippen LogP contribution in [-0.2, 0) is 0 Å². The average molecular weight is 279 g/mol. The Labute approximate surface area is 86.8 Å². The molecule has 0 aromatic carbocycles. The van der Waals surface area contributed by atoms with Crippen molar-refractivity contribution in [1.29, 1.82) is 0 Å². The maximum atomic E-state index is 11.0. The van der Waals surface area contributed by atoms with Crippen molar-refractivity contribution in [2.75, 3.05) is 13.1 Å². The summed E-state index contributed by atoms with van der Waals surface area (Å²) in [6.45, 7) is 2.01. The predicted octanol–water partition coefficient (Wildman–Crippen LogP) is 2.66. The number of carbonyl (C=O) groups is 1. The van der Waals surface area contributed by atoms with Crippen LogP contribution in [0.4, 0.5) is 4.79 Å². The smallest absolute Gasteiger partial charge is 0.283 e. The van der Waals surface area contributed by atoms with Crippen molar-refractivity contribution in [3.63, 3.8) is 0 Å². The molecule has 1 saturated carbocycles. The third kappa shape index (κ3) is 1.92. The Hall–Kier alpha value is 0.200. The van der Waals surface area contributed by atoms with Gasteiger partial charge in [-0.2, -0.15) is 0 Å². The lowest BCUT2D eigenvalue weighted by atomic mass is 9.92. The van der Waals surface area contributed by atoms with E-state index in [9.17, 15) is 4.79 Å². The van der Waals surface area contributed by atoms with E-state index in [1.165, 1.54) is 25.7 Å². The zero-order valence-electron chi connectivity index (χ0n) is 7.13. The second-order valence-corrected chi connectivity index (χ2v) is 4.84. The molecule has 0 N–H and O–H groups in total. The van der Waals surface area contributed by atoms with Crippen molar-refractivity contribution >= 4 is 26.5 Å². The first-order chi connectivity index (χ1) is 5.77. The number of carbonyl (C=O) groups excluding carboxylic acids is 1. The van der Waals surface area contributed by atoms with E-state index in [0.29, 0.717) is 0 Å². The Bertz CT molecular complexity index is 183. The van der Waals surface area contributed by atoms with Crippen molar-refractivity contribution in [2.24, 2.45) is 11.8 Å². The SMILES string of the molecule is O=C(I)N1CCC(C2CC2)CC1. The summed E-state index contributed by atoms with van der Waals surface area (Å²) >= 11 is 1.89. The van der Waals surface area contributed by atoms with E-state index in [1.807, 2.05) is 27.5 Å². The van der Waals surface area contributed by atoms with Gasteiger partial charge >= 0.3 is 0 Å². The summed E-state index contributed by atoms with van der Waals surface area (Å²) in [5.74, 6) is 1.97. The van der Waals surface area contributed by atoms with Gasteiger partial charge < -0.3 is 4.90 Å². The van der Waals surface area contributed by atoms with Crippen LogP contribution in [0.5, 0.6) is 0 Å². The second-order valence-electron chi connectivity index (χ2n) is 3.91. The van der Waals surface area contributed by atoms with Crippen LogP contribution >= 0.6 is 22.6 Å². The summed E-state index contributed by atoms with van der Waals surface area (Å²) < 4.78 is 0.224. The first-order valence-electron chi connectivity index (χ1n) is 4.72. The molecule has 12 heavy (non-hydrogen) atoms. The molecule has 2 rings (SSSR count). The fraction of sp³-hybridized carbons (Fsp3) is 0.889. The van der Waals surface area contributed by atoms with Crippen molar-refractivity contribution in [3.05, 3.63) is 0 Å². The number of hydrogen-bond donors (Lipinski definition) is 0. The number of rotatable bonds is 1. The lowest BCUT2D eigenvalue weighted by Gasteiger charge is -2.30. The quantitative estimate of drug-likeness (QED) is 0.410. The molecule has 1 heterocycles. The molecular weight excluding hydrogens is 265 g/mol. The molecule has 0 aromatic heterocycles. The summed E-state index contributed by atoms with van der Waals surface area (Å²) in [6.07, 6.45) is 5.39. The Morgan fingerprint density at radius 1 is 1.08 bits per heavy atom. The summed E-state index contributed by atoms with van der Waals surface area (Å²) in [5.41, 5.74) is 0. The van der Waals surface area contributed by atoms with E-state index in [0.717, 1.165) is 24.9 Å². The van der Waals surface area contributed by atoms with Crippen molar-refractivity contribution in [2.45, 2.75) is 25.7 Å². The maximum Gasteiger partial charge on any atom is 0.283 e. The van der Waals surface area contributed by atoms with Crippen LogP contribution in [0.2, 0.25) is 0 Å². The van der Waals surface area contributed by atoms with Crippen molar-refractivity contribution in [1.82, 2.24) is 4.90 Å². The van der Waals surface area contributed by atoms with Gasteiger partial charge in [-0.3, -0.25) is 4.79 Å². The van der Waals surface area contributed by atoms with Crippen LogP contribution in [-0.4, -0.2) is 21.9 Å². The predicted molar refractivity (Wildman–Crippen MR) is 56.4 cm³/mol. The molecule has 0 radical (unpaired) electrons. The third-order valence-electron chi connectivity index (χ3n) is 3.08. The van der Waals surface area contributed by atoms with Gasteiger partial charge in [0.25, 0.3) is 3.91 Å². The Kier molecular flexibility index (Phi) is 2.57. The van der Waals surface area contributed by atoms with Gasteiger partial charge in [0.05, 0.1) is 0 Å². The van der Waals surface area contributed by atoms with E-state index >= 15 is 0 Å². The van der Waals surface area contributed by atoms with Crippen LogP contribution in [0.1, 0.15) is 25.7 Å². The van der Waals surface area contributed by atoms with E-state index in [-0.39, 0.29) is 3.91 Å². The molecule has 2 fully saturated rings. The lowest BCUT2D eigenvalue weighted by molar-refractivity contribution is 0.188. The monoisotopic (exact) mass is 279 g/mol. The highest BCUT2D eigenvalue weighted by Crippen LogP contribution is 2.41. The molecule has 0 unspecified atom stereocenters. The molecule has 2 nitrogen and oxygen atoms in total. The van der Waals surface area contributed by atoms with Gasteiger partial charge in [0.15, 0.2) is 0 Å². The number of likely N-dealkylation sites (tertiary alicyclic amines) is 1. The summed E-state index contributed by atoms with van der Waals surface area (Å²) in [6, 6.07) is 0. The molecule has 1 amide bonds. The van der Waals surface area contributed by atoms with Gasteiger partial charge in [0.2, 0.25) is 0 Å². The van der Waals surface area contributed by atoms with Crippen molar-refractivity contribution in [3.8, 4) is 0 Å². The molecule has 2 aliphatic rings. The van der Waals surface area contributed by atoms with Gasteiger partial charge in [-0.15, -0.1) is 0 Å². The minimum Gasteiger partial charge on any atom is -0.334 e. The molecule has 0 bridgehead atoms. The standard InChI is InChI=1S/C9H14INO/c10-9(12)11-5-3-8(4-6-11)7-1-2-7/h7-8H,1-6H2. The number of halogens is 1. The molecular formula is C9H14INO. The number of hydrogen-bond acceptors (Lipinski definition) is 1. The number of amides is 1. The Balaban J connectivity index is 1.80. The fourth-order valence-electron chi connectivity index (χ4n) is 2.11. The Morgan fingerprint density at radius 3 is 2.00 bits per heavy atom. The summed E-state index contributed by atoms with van der Waals surface area (Å²) in [4.78, 5) is 13.0. The minimum atomic E-state index is 0.224. The highest BCUT2D eigenvalue weighted by Gasteiger charge is 2.33. The van der Waals surface area contributed by atoms with Gasteiger partial charge in [-0.1, -0.05) is 0 Å². The maximum absolute atomic E-state index is 11.0. The Morgan fingerprint density at radius 2 is 1.58 bits per heavy atom. The van der Waals surface area contributed by atoms with Gasteiger partial charge in [-0.05, 0) is 37.5 Å². The first kappa shape index (κ1) is 8.78. The topological polar surface area (TPSA) is 20.3 Å². The minimum absolute atomic E-state index is 0.224. The molecule has 0 aromatic rings. The van der Waals surface area contributed by atoms with Crippen molar-refractivity contribution < 1.29 is 4.79 Å². The van der Waals surface area contributed by atoms with E-state index in [1.54, 1.807) is 0 Å². The highest BCUT2D eigenvalue weighted by atomic mass is 127. The van der Waals surface area contributed by atoms with E-state index in [2.05, 4.69) is 0 Å². The largest absolute Gasteiger partial charge is 0.334 e. The van der Waals surface area contributed by atoms with Crippen LogP contribution in [0.3, 0.4) is 0 Å². The highest BCUT2D eigenvalue weighted by molar-refractivity contribution is 14.1. The second kappa shape index (κ2) is 3.52. The molecule has 0 spiro atoms. The molecule has 0 atom stereocenters. The van der Waals surface area contributed by atoms with Crippen LogP contribution < -0.4 is 0 Å². The molecule has 68 valence electrons. The zero-order chi connectivity index (χ0) is 8.55.